The molecule has 1 rings (SSSR count). The van der Waals surface area contributed by atoms with E-state index in [4.69, 9.17) is 4.74 Å². The van der Waals surface area contributed by atoms with Gasteiger partial charge in [-0.2, -0.15) is 0 Å². The number of nitrogens with one attached hydrogen (secondary N) is 1. The molecule has 0 aromatic heterocycles. The van der Waals surface area contributed by atoms with Crippen molar-refractivity contribution in [1.82, 2.24) is 0 Å². The Labute approximate surface area is 136 Å². The first-order valence-electron chi connectivity index (χ1n) is 6.31. The van der Waals surface area contributed by atoms with Crippen LogP contribution in [0, 0.1) is 3.57 Å². The van der Waals surface area contributed by atoms with Gasteiger partial charge in [-0.05, 0) is 47.7 Å². The molecule has 0 bridgehead atoms. The molecule has 21 heavy (non-hydrogen) atoms. The van der Waals surface area contributed by atoms with Gasteiger partial charge in [-0.1, -0.05) is 0 Å². The third-order valence-corrected chi connectivity index (χ3v) is 3.19. The molecule has 0 atom stereocenters. The Morgan fingerprint density at radius 3 is 2.57 bits per heavy atom. The lowest BCUT2D eigenvalue weighted by Crippen LogP contribution is -2.17. The molecular formula is C14H16INO5. The first-order chi connectivity index (χ1) is 9.97. The quantitative estimate of drug-likeness (QED) is 0.581. The van der Waals surface area contributed by atoms with Crippen molar-refractivity contribution in [3.05, 3.63) is 27.3 Å². The van der Waals surface area contributed by atoms with Crippen molar-refractivity contribution in [3.8, 4) is 0 Å². The van der Waals surface area contributed by atoms with Crippen LogP contribution in [0.4, 0.5) is 5.69 Å². The summed E-state index contributed by atoms with van der Waals surface area (Å²) in [7, 11) is 1.27. The number of esters is 2. The number of ether oxygens (including phenoxy) is 2. The van der Waals surface area contributed by atoms with Gasteiger partial charge in [0.2, 0.25) is 5.91 Å². The Kier molecular flexibility index (Phi) is 7.13. The van der Waals surface area contributed by atoms with Crippen LogP contribution in [0.25, 0.3) is 0 Å². The molecule has 1 aromatic carbocycles. The number of hydrogen-bond donors (Lipinski definition) is 1. The second-order valence-electron chi connectivity index (χ2n) is 4.03. The van der Waals surface area contributed by atoms with Crippen molar-refractivity contribution < 1.29 is 23.9 Å². The standard InChI is InChI=1S/C14H16INO5/c1-3-21-13(18)7-6-12(17)16-11-5-4-9(15)8-10(11)14(19)20-2/h4-5,8H,3,6-7H2,1-2H3,(H,16,17). The minimum absolute atomic E-state index is 0.00238. The molecule has 0 aliphatic carbocycles. The van der Waals surface area contributed by atoms with E-state index < -0.39 is 11.9 Å². The lowest BCUT2D eigenvalue weighted by atomic mass is 10.1. The van der Waals surface area contributed by atoms with E-state index in [-0.39, 0.29) is 30.9 Å². The largest absolute Gasteiger partial charge is 0.466 e. The Hall–Kier alpha value is -1.64. The summed E-state index contributed by atoms with van der Waals surface area (Å²) < 4.78 is 10.3. The van der Waals surface area contributed by atoms with E-state index in [1.807, 2.05) is 0 Å². The normalized spacial score (nSPS) is 9.86. The molecule has 0 radical (unpaired) electrons. The Bertz CT molecular complexity index is 544. The van der Waals surface area contributed by atoms with Gasteiger partial charge in [0.15, 0.2) is 0 Å². The van der Waals surface area contributed by atoms with Crippen LogP contribution in [-0.2, 0) is 19.1 Å². The molecule has 7 heteroatoms. The van der Waals surface area contributed by atoms with Crippen LogP contribution in [0.3, 0.4) is 0 Å². The zero-order chi connectivity index (χ0) is 15.8. The van der Waals surface area contributed by atoms with Gasteiger partial charge >= 0.3 is 11.9 Å². The van der Waals surface area contributed by atoms with Crippen LogP contribution in [-0.4, -0.2) is 31.6 Å². The summed E-state index contributed by atoms with van der Waals surface area (Å²) in [6, 6.07) is 5.00. The lowest BCUT2D eigenvalue weighted by Gasteiger charge is -2.10. The minimum Gasteiger partial charge on any atom is -0.466 e. The van der Waals surface area contributed by atoms with Gasteiger partial charge in [0, 0.05) is 9.99 Å². The fourth-order valence-electron chi connectivity index (χ4n) is 1.57. The predicted octanol–water partition coefficient (Wildman–Crippen LogP) is 2.36. The van der Waals surface area contributed by atoms with Crippen LogP contribution >= 0.6 is 22.6 Å². The zero-order valence-electron chi connectivity index (χ0n) is 11.8. The third kappa shape index (κ3) is 5.70. The molecule has 0 saturated heterocycles. The van der Waals surface area contributed by atoms with Crippen molar-refractivity contribution in [2.45, 2.75) is 19.8 Å². The Morgan fingerprint density at radius 2 is 1.95 bits per heavy atom. The van der Waals surface area contributed by atoms with E-state index in [0.717, 1.165) is 3.57 Å². The van der Waals surface area contributed by atoms with E-state index in [1.54, 1.807) is 25.1 Å². The van der Waals surface area contributed by atoms with Crippen LogP contribution in [0.1, 0.15) is 30.1 Å². The van der Waals surface area contributed by atoms with E-state index in [2.05, 4.69) is 32.6 Å². The average Bonchev–Trinajstić information content (AvgIpc) is 2.46. The van der Waals surface area contributed by atoms with E-state index >= 15 is 0 Å². The number of benzene rings is 1. The predicted molar refractivity (Wildman–Crippen MR) is 85.0 cm³/mol. The number of carbonyl (C=O) groups is 3. The van der Waals surface area contributed by atoms with E-state index in [1.165, 1.54) is 7.11 Å². The lowest BCUT2D eigenvalue weighted by molar-refractivity contribution is -0.144. The summed E-state index contributed by atoms with van der Waals surface area (Å²) in [5, 5.41) is 2.60. The van der Waals surface area contributed by atoms with Crippen LogP contribution in [0.15, 0.2) is 18.2 Å². The summed E-state index contributed by atoms with van der Waals surface area (Å²) >= 11 is 2.06. The molecule has 1 amide bonds. The summed E-state index contributed by atoms with van der Waals surface area (Å²) in [5.74, 6) is -1.33. The van der Waals surface area contributed by atoms with Gasteiger partial charge in [-0.3, -0.25) is 9.59 Å². The number of rotatable bonds is 6. The number of halogens is 1. The summed E-state index contributed by atoms with van der Waals surface area (Å²) in [6.07, 6.45) is -0.0109. The smallest absolute Gasteiger partial charge is 0.340 e. The molecule has 0 aliphatic heterocycles. The minimum atomic E-state index is -0.533. The van der Waals surface area contributed by atoms with Crippen molar-refractivity contribution in [2.24, 2.45) is 0 Å². The zero-order valence-corrected chi connectivity index (χ0v) is 13.9. The molecule has 1 aromatic rings. The van der Waals surface area contributed by atoms with Crippen LogP contribution in [0.2, 0.25) is 0 Å². The number of carbonyl (C=O) groups excluding carboxylic acids is 3. The van der Waals surface area contributed by atoms with Crippen molar-refractivity contribution in [1.29, 1.82) is 0 Å². The highest BCUT2D eigenvalue weighted by Gasteiger charge is 2.15. The molecule has 0 heterocycles. The molecule has 1 N–H and O–H groups in total. The average molecular weight is 405 g/mol. The molecule has 0 aliphatic rings. The molecule has 0 spiro atoms. The Balaban J connectivity index is 2.72. The summed E-state index contributed by atoms with van der Waals surface area (Å²) in [6.45, 7) is 1.98. The number of amides is 1. The second-order valence-corrected chi connectivity index (χ2v) is 5.28. The van der Waals surface area contributed by atoms with E-state index in [0.29, 0.717) is 5.69 Å². The van der Waals surface area contributed by atoms with Gasteiger partial charge in [0.05, 0.1) is 31.4 Å². The number of hydrogen-bond acceptors (Lipinski definition) is 5. The van der Waals surface area contributed by atoms with E-state index in [9.17, 15) is 14.4 Å². The highest BCUT2D eigenvalue weighted by Crippen LogP contribution is 2.20. The van der Waals surface area contributed by atoms with Crippen LogP contribution < -0.4 is 5.32 Å². The summed E-state index contributed by atoms with van der Waals surface area (Å²) in [5.41, 5.74) is 0.630. The fourth-order valence-corrected chi connectivity index (χ4v) is 2.06. The van der Waals surface area contributed by atoms with Crippen molar-refractivity contribution in [2.75, 3.05) is 19.0 Å². The maximum Gasteiger partial charge on any atom is 0.340 e. The highest BCUT2D eigenvalue weighted by atomic mass is 127. The molecule has 6 nitrogen and oxygen atoms in total. The van der Waals surface area contributed by atoms with Gasteiger partial charge in [0.25, 0.3) is 0 Å². The van der Waals surface area contributed by atoms with Crippen molar-refractivity contribution >= 4 is 46.1 Å². The maximum atomic E-state index is 11.8. The van der Waals surface area contributed by atoms with Gasteiger partial charge in [-0.15, -0.1) is 0 Å². The number of anilines is 1. The number of methoxy groups -OCH3 is 1. The SMILES string of the molecule is CCOC(=O)CCC(=O)Nc1ccc(I)cc1C(=O)OC. The molecular weight excluding hydrogens is 389 g/mol. The van der Waals surface area contributed by atoms with Gasteiger partial charge in [0.1, 0.15) is 0 Å². The molecule has 0 unspecified atom stereocenters. The maximum absolute atomic E-state index is 11.8. The molecule has 0 saturated carbocycles. The highest BCUT2D eigenvalue weighted by molar-refractivity contribution is 14.1. The second kappa shape index (κ2) is 8.60. The third-order valence-electron chi connectivity index (χ3n) is 2.52. The monoisotopic (exact) mass is 405 g/mol. The topological polar surface area (TPSA) is 81.7 Å². The first kappa shape index (κ1) is 17.4. The molecule has 0 fully saturated rings. The van der Waals surface area contributed by atoms with Gasteiger partial charge in [-0.25, -0.2) is 4.79 Å². The van der Waals surface area contributed by atoms with Gasteiger partial charge < -0.3 is 14.8 Å². The summed E-state index contributed by atoms with van der Waals surface area (Å²) in [4.78, 5) is 34.7. The Morgan fingerprint density at radius 1 is 1.24 bits per heavy atom. The fraction of sp³-hybridized carbons (Fsp3) is 0.357. The molecule has 114 valence electrons. The van der Waals surface area contributed by atoms with Crippen LogP contribution in [0.5, 0.6) is 0 Å². The first-order valence-corrected chi connectivity index (χ1v) is 7.39. The van der Waals surface area contributed by atoms with Crippen molar-refractivity contribution in [3.63, 3.8) is 0 Å².